The molecule has 0 aliphatic heterocycles. The second-order valence-corrected chi connectivity index (χ2v) is 5.40. The molecule has 0 aliphatic carbocycles. The highest BCUT2D eigenvalue weighted by atomic mass is 16.1. The first-order chi connectivity index (χ1) is 12.3. The second-order valence-electron chi connectivity index (χ2n) is 5.40. The van der Waals surface area contributed by atoms with E-state index >= 15 is 0 Å². The predicted molar refractivity (Wildman–Crippen MR) is 93.8 cm³/mol. The first-order valence-electron chi connectivity index (χ1n) is 7.67. The summed E-state index contributed by atoms with van der Waals surface area (Å²) in [5.74, 6) is 0.432. The first-order valence-corrected chi connectivity index (χ1v) is 7.67. The number of nitrogens with one attached hydrogen (secondary N) is 3. The van der Waals surface area contributed by atoms with Gasteiger partial charge in [-0.1, -0.05) is 30.3 Å². The van der Waals surface area contributed by atoms with Crippen LogP contribution in [0.25, 0.3) is 22.6 Å². The van der Waals surface area contributed by atoms with Gasteiger partial charge in [0.15, 0.2) is 5.82 Å². The van der Waals surface area contributed by atoms with E-state index in [1.807, 2.05) is 54.6 Å². The van der Waals surface area contributed by atoms with E-state index in [9.17, 15) is 4.79 Å². The second kappa shape index (κ2) is 6.40. The summed E-state index contributed by atoms with van der Waals surface area (Å²) in [6, 6.07) is 18.8. The molecule has 122 valence electrons. The zero-order valence-electron chi connectivity index (χ0n) is 13.1. The lowest BCUT2D eigenvalue weighted by Crippen LogP contribution is -2.12. The smallest absolute Gasteiger partial charge is 0.273 e. The van der Waals surface area contributed by atoms with Crippen LogP contribution in [0.15, 0.2) is 67.0 Å². The third-order valence-electron chi connectivity index (χ3n) is 3.72. The van der Waals surface area contributed by atoms with Crippen molar-refractivity contribution in [2.45, 2.75) is 0 Å². The zero-order valence-corrected chi connectivity index (χ0v) is 13.1. The highest BCUT2D eigenvalue weighted by molar-refractivity contribution is 6.03. The third kappa shape index (κ3) is 3.16. The Labute approximate surface area is 143 Å². The van der Waals surface area contributed by atoms with Gasteiger partial charge in [0.2, 0.25) is 0 Å². The van der Waals surface area contributed by atoms with Crippen molar-refractivity contribution >= 4 is 11.6 Å². The van der Waals surface area contributed by atoms with E-state index in [0.717, 1.165) is 16.8 Å². The Balaban J connectivity index is 1.48. The maximum atomic E-state index is 12.4. The van der Waals surface area contributed by atoms with Gasteiger partial charge < -0.3 is 5.32 Å². The highest BCUT2D eigenvalue weighted by Crippen LogP contribution is 2.19. The topological polar surface area (TPSA) is 99.3 Å². The molecule has 2 heterocycles. The molecule has 0 radical (unpaired) electrons. The van der Waals surface area contributed by atoms with Crippen LogP contribution in [-0.4, -0.2) is 31.3 Å². The lowest BCUT2D eigenvalue weighted by atomic mass is 10.1. The molecule has 7 nitrogen and oxygen atoms in total. The number of rotatable bonds is 4. The van der Waals surface area contributed by atoms with Gasteiger partial charge in [-0.25, -0.2) is 4.98 Å². The molecule has 1 amide bonds. The van der Waals surface area contributed by atoms with Crippen molar-refractivity contribution < 1.29 is 4.79 Å². The van der Waals surface area contributed by atoms with E-state index in [2.05, 4.69) is 30.7 Å². The molecule has 3 N–H and O–H groups in total. The number of benzene rings is 2. The molecule has 0 unspecified atom stereocenters. The van der Waals surface area contributed by atoms with Crippen LogP contribution in [0, 0.1) is 0 Å². The summed E-state index contributed by atoms with van der Waals surface area (Å²) in [5, 5.41) is 16.4. The molecule has 25 heavy (non-hydrogen) atoms. The SMILES string of the molecule is O=C(Nc1ccc(-c2ncn[nH]2)cc1)c1cc(-c2ccccc2)n[nH]1. The predicted octanol–water partition coefficient (Wildman–Crippen LogP) is 3.11. The van der Waals surface area contributed by atoms with Gasteiger partial charge in [-0.3, -0.25) is 15.0 Å². The van der Waals surface area contributed by atoms with Gasteiger partial charge in [0.25, 0.3) is 5.91 Å². The normalized spacial score (nSPS) is 10.6. The number of carbonyl (C=O) groups excluding carboxylic acids is 1. The minimum Gasteiger partial charge on any atom is -0.321 e. The highest BCUT2D eigenvalue weighted by Gasteiger charge is 2.11. The van der Waals surface area contributed by atoms with Crippen LogP contribution in [0.4, 0.5) is 5.69 Å². The molecule has 0 atom stereocenters. The first kappa shape index (κ1) is 14.8. The summed E-state index contributed by atoms with van der Waals surface area (Å²) in [6.45, 7) is 0. The van der Waals surface area contributed by atoms with Crippen LogP contribution in [0.5, 0.6) is 0 Å². The molecule has 4 aromatic rings. The van der Waals surface area contributed by atoms with Crippen LogP contribution >= 0.6 is 0 Å². The monoisotopic (exact) mass is 330 g/mol. The van der Waals surface area contributed by atoms with Crippen LogP contribution in [0.3, 0.4) is 0 Å². The fraction of sp³-hybridized carbons (Fsp3) is 0. The number of aromatic nitrogens is 5. The zero-order chi connectivity index (χ0) is 17.1. The lowest BCUT2D eigenvalue weighted by Gasteiger charge is -2.04. The van der Waals surface area contributed by atoms with Crippen molar-refractivity contribution in [3.8, 4) is 22.6 Å². The molecule has 0 saturated heterocycles. The number of hydrogen-bond donors (Lipinski definition) is 3. The molecule has 2 aromatic carbocycles. The van der Waals surface area contributed by atoms with Crippen molar-refractivity contribution in [2.24, 2.45) is 0 Å². The van der Waals surface area contributed by atoms with E-state index < -0.39 is 0 Å². The van der Waals surface area contributed by atoms with Gasteiger partial charge in [-0.05, 0) is 30.3 Å². The number of nitrogens with zero attached hydrogens (tertiary/aromatic N) is 3. The van der Waals surface area contributed by atoms with Crippen LogP contribution in [0.1, 0.15) is 10.5 Å². The summed E-state index contributed by atoms with van der Waals surface area (Å²) in [6.07, 6.45) is 1.45. The maximum Gasteiger partial charge on any atom is 0.273 e. The molecule has 7 heteroatoms. The van der Waals surface area contributed by atoms with Crippen LogP contribution < -0.4 is 5.32 Å². The van der Waals surface area contributed by atoms with Crippen molar-refractivity contribution in [3.05, 3.63) is 72.7 Å². The van der Waals surface area contributed by atoms with Gasteiger partial charge in [0.1, 0.15) is 12.0 Å². The van der Waals surface area contributed by atoms with E-state index in [-0.39, 0.29) is 5.91 Å². The molecule has 0 saturated carbocycles. The quantitative estimate of drug-likeness (QED) is 0.535. The standard InChI is InChI=1S/C18H14N6O/c25-18(16-10-15(22-23-16)12-4-2-1-3-5-12)21-14-8-6-13(7-9-14)17-19-11-20-24-17/h1-11H,(H,21,25)(H,22,23)(H,19,20,24). The fourth-order valence-corrected chi connectivity index (χ4v) is 2.45. The van der Waals surface area contributed by atoms with Gasteiger partial charge in [-0.15, -0.1) is 0 Å². The largest absolute Gasteiger partial charge is 0.321 e. The Morgan fingerprint density at radius 3 is 2.44 bits per heavy atom. The fourth-order valence-electron chi connectivity index (χ4n) is 2.45. The molecule has 4 rings (SSSR count). The summed E-state index contributed by atoms with van der Waals surface area (Å²) >= 11 is 0. The van der Waals surface area contributed by atoms with E-state index in [1.165, 1.54) is 6.33 Å². The Hall–Kier alpha value is -3.74. The Morgan fingerprint density at radius 2 is 1.72 bits per heavy atom. The van der Waals surface area contributed by atoms with Crippen molar-refractivity contribution in [1.29, 1.82) is 0 Å². The molecular weight excluding hydrogens is 316 g/mol. The van der Waals surface area contributed by atoms with Gasteiger partial charge in [-0.2, -0.15) is 10.2 Å². The number of anilines is 1. The van der Waals surface area contributed by atoms with E-state index in [4.69, 9.17) is 0 Å². The minimum absolute atomic E-state index is 0.248. The van der Waals surface area contributed by atoms with Gasteiger partial charge in [0, 0.05) is 16.8 Å². The number of amides is 1. The Kier molecular flexibility index (Phi) is 3.80. The summed E-state index contributed by atoms with van der Waals surface area (Å²) in [5.41, 5.74) is 3.66. The minimum atomic E-state index is -0.248. The van der Waals surface area contributed by atoms with E-state index in [1.54, 1.807) is 6.07 Å². The number of carbonyl (C=O) groups is 1. The van der Waals surface area contributed by atoms with Crippen LogP contribution in [0.2, 0.25) is 0 Å². The molecule has 0 bridgehead atoms. The average Bonchev–Trinajstić information content (AvgIpc) is 3.35. The number of H-pyrrole nitrogens is 2. The molecule has 2 aromatic heterocycles. The van der Waals surface area contributed by atoms with Crippen molar-refractivity contribution in [3.63, 3.8) is 0 Å². The number of hydrogen-bond acceptors (Lipinski definition) is 4. The molecule has 0 fully saturated rings. The average molecular weight is 330 g/mol. The van der Waals surface area contributed by atoms with E-state index in [0.29, 0.717) is 17.2 Å². The van der Waals surface area contributed by atoms with Crippen molar-refractivity contribution in [1.82, 2.24) is 25.4 Å². The molecule has 0 spiro atoms. The molecule has 0 aliphatic rings. The maximum absolute atomic E-state index is 12.4. The van der Waals surface area contributed by atoms with Crippen LogP contribution in [-0.2, 0) is 0 Å². The Morgan fingerprint density at radius 1 is 0.920 bits per heavy atom. The summed E-state index contributed by atoms with van der Waals surface area (Å²) in [7, 11) is 0. The number of aromatic amines is 2. The Bertz CT molecular complexity index is 974. The van der Waals surface area contributed by atoms with Gasteiger partial charge in [0.05, 0.1) is 5.69 Å². The van der Waals surface area contributed by atoms with Crippen molar-refractivity contribution in [2.75, 3.05) is 5.32 Å². The molecular formula is C18H14N6O. The summed E-state index contributed by atoms with van der Waals surface area (Å²) < 4.78 is 0. The van der Waals surface area contributed by atoms with Gasteiger partial charge >= 0.3 is 0 Å². The third-order valence-corrected chi connectivity index (χ3v) is 3.72. The lowest BCUT2D eigenvalue weighted by molar-refractivity contribution is 0.102. The summed E-state index contributed by atoms with van der Waals surface area (Å²) in [4.78, 5) is 16.5.